The number of fused-ring (bicyclic) bond motifs is 2. The summed E-state index contributed by atoms with van der Waals surface area (Å²) in [6.45, 7) is 0.251. The lowest BCUT2D eigenvalue weighted by molar-refractivity contribution is 0.0980. The van der Waals surface area contributed by atoms with Gasteiger partial charge < -0.3 is 10.6 Å². The Morgan fingerprint density at radius 1 is 0.867 bits per heavy atom. The van der Waals surface area contributed by atoms with Crippen LogP contribution >= 0.6 is 0 Å². The maximum Gasteiger partial charge on any atom is 0.334 e. The van der Waals surface area contributed by atoms with Crippen LogP contribution in [0.3, 0.4) is 0 Å². The van der Waals surface area contributed by atoms with Crippen molar-refractivity contribution in [2.45, 2.75) is 11.4 Å². The predicted molar refractivity (Wildman–Crippen MR) is 111 cm³/mol. The Kier molecular flexibility index (Phi) is 4.87. The van der Waals surface area contributed by atoms with E-state index in [-0.39, 0.29) is 40.2 Å². The summed E-state index contributed by atoms with van der Waals surface area (Å²) in [4.78, 5) is 25.8. The molecule has 0 fully saturated rings. The number of benzene rings is 3. The normalized spacial score (nSPS) is 12.9. The summed E-state index contributed by atoms with van der Waals surface area (Å²) < 4.78 is 37.8. The Hall–Kier alpha value is -3.52. The van der Waals surface area contributed by atoms with Crippen LogP contribution in [0.5, 0.6) is 0 Å². The summed E-state index contributed by atoms with van der Waals surface area (Å²) in [5, 5.41) is 5.60. The van der Waals surface area contributed by atoms with E-state index < -0.39 is 26.7 Å². The lowest BCUT2D eigenvalue weighted by Crippen LogP contribution is -2.25. The van der Waals surface area contributed by atoms with Gasteiger partial charge >= 0.3 is 10.2 Å². The molecule has 30 heavy (non-hydrogen) atoms. The van der Waals surface area contributed by atoms with Crippen LogP contribution in [0.4, 0.5) is 15.3 Å². The highest BCUT2D eigenvalue weighted by atomic mass is 32.3. The highest BCUT2D eigenvalue weighted by Crippen LogP contribution is 2.41. The van der Waals surface area contributed by atoms with E-state index in [0.717, 1.165) is 11.6 Å². The molecule has 0 bridgehead atoms. The van der Waals surface area contributed by atoms with Gasteiger partial charge in [0.2, 0.25) is 0 Å². The molecule has 6 nitrogen and oxygen atoms in total. The van der Waals surface area contributed by atoms with E-state index in [2.05, 4.69) is 10.6 Å². The van der Waals surface area contributed by atoms with Crippen molar-refractivity contribution >= 4 is 33.2 Å². The molecule has 3 aromatic carbocycles. The first kappa shape index (κ1) is 19.8. The van der Waals surface area contributed by atoms with Gasteiger partial charge in [-0.25, -0.2) is 0 Å². The van der Waals surface area contributed by atoms with Crippen LogP contribution in [0.25, 0.3) is 0 Å². The number of nitrogens with one attached hydrogen (secondary N) is 2. The van der Waals surface area contributed by atoms with Gasteiger partial charge in [0.25, 0.3) is 0 Å². The molecular formula is C22H17FN2O4S. The van der Waals surface area contributed by atoms with Gasteiger partial charge in [0.1, 0.15) is 4.90 Å². The summed E-state index contributed by atoms with van der Waals surface area (Å²) in [6.07, 6.45) is 0. The monoisotopic (exact) mass is 424 g/mol. The lowest BCUT2D eigenvalue weighted by atomic mass is 9.82. The van der Waals surface area contributed by atoms with E-state index in [1.165, 1.54) is 13.1 Å². The van der Waals surface area contributed by atoms with Gasteiger partial charge in [-0.1, -0.05) is 54.6 Å². The second-order valence-corrected chi connectivity index (χ2v) is 8.09. The summed E-state index contributed by atoms with van der Waals surface area (Å²) in [5.41, 5.74) is 0.942. The minimum absolute atomic E-state index is 0.0198. The van der Waals surface area contributed by atoms with Crippen molar-refractivity contribution in [1.82, 2.24) is 0 Å². The van der Waals surface area contributed by atoms with Crippen LogP contribution in [0.15, 0.2) is 65.6 Å². The van der Waals surface area contributed by atoms with Crippen LogP contribution in [0, 0.1) is 0 Å². The minimum Gasteiger partial charge on any atom is -0.386 e. The number of hydrogen-bond acceptors (Lipinski definition) is 6. The molecule has 8 heteroatoms. The quantitative estimate of drug-likeness (QED) is 0.474. The van der Waals surface area contributed by atoms with Gasteiger partial charge in [0, 0.05) is 30.4 Å². The number of carbonyl (C=O) groups is 2. The molecule has 0 aliphatic heterocycles. The molecule has 3 aromatic rings. The highest BCUT2D eigenvalue weighted by molar-refractivity contribution is 7.86. The van der Waals surface area contributed by atoms with Crippen molar-refractivity contribution in [1.29, 1.82) is 0 Å². The molecule has 2 N–H and O–H groups in total. The second-order valence-electron chi connectivity index (χ2n) is 6.78. The third-order valence-electron chi connectivity index (χ3n) is 5.00. The molecule has 0 saturated heterocycles. The van der Waals surface area contributed by atoms with Crippen molar-refractivity contribution in [3.05, 3.63) is 88.5 Å². The van der Waals surface area contributed by atoms with Gasteiger partial charge in [-0.05, 0) is 11.6 Å². The first-order valence-corrected chi connectivity index (χ1v) is 10.5. The molecule has 0 unspecified atom stereocenters. The van der Waals surface area contributed by atoms with Gasteiger partial charge in [-0.2, -0.15) is 8.42 Å². The van der Waals surface area contributed by atoms with Crippen LogP contribution in [0.2, 0.25) is 0 Å². The summed E-state index contributed by atoms with van der Waals surface area (Å²) >= 11 is 0. The van der Waals surface area contributed by atoms with E-state index in [4.69, 9.17) is 0 Å². The molecule has 152 valence electrons. The Bertz CT molecular complexity index is 1290. The number of anilines is 2. The van der Waals surface area contributed by atoms with Crippen LogP contribution < -0.4 is 10.6 Å². The molecule has 1 aliphatic rings. The molecule has 0 saturated carbocycles. The Labute approximate surface area is 173 Å². The fourth-order valence-corrected chi connectivity index (χ4v) is 4.35. The van der Waals surface area contributed by atoms with Crippen molar-refractivity contribution in [3.63, 3.8) is 0 Å². The van der Waals surface area contributed by atoms with E-state index in [1.807, 2.05) is 30.3 Å². The van der Waals surface area contributed by atoms with Crippen molar-refractivity contribution in [3.8, 4) is 0 Å². The van der Waals surface area contributed by atoms with Gasteiger partial charge in [0.15, 0.2) is 11.6 Å². The summed E-state index contributed by atoms with van der Waals surface area (Å²) in [5.74, 6) is -0.979. The first-order chi connectivity index (χ1) is 14.3. The standard InChI is InChI=1S/C22H17FN2O4S/c1-24-20-17(30(23,28)29)11-16(25-12-13-7-3-2-4-8-13)18-19(20)22(27)15-10-6-5-9-14(15)21(18)26/h2-11,24-25H,12H2,1H3. The number of ketones is 2. The lowest BCUT2D eigenvalue weighted by Gasteiger charge is -2.24. The third-order valence-corrected chi connectivity index (χ3v) is 5.85. The zero-order valence-corrected chi connectivity index (χ0v) is 16.7. The first-order valence-electron chi connectivity index (χ1n) is 9.12. The molecule has 0 amide bonds. The molecule has 4 rings (SSSR count). The average Bonchev–Trinajstić information content (AvgIpc) is 2.75. The van der Waals surface area contributed by atoms with Crippen LogP contribution in [-0.4, -0.2) is 27.0 Å². The fraction of sp³-hybridized carbons (Fsp3) is 0.0909. The van der Waals surface area contributed by atoms with E-state index in [0.29, 0.717) is 0 Å². The molecule has 1 aliphatic carbocycles. The average molecular weight is 424 g/mol. The van der Waals surface area contributed by atoms with Crippen molar-refractivity contribution < 1.29 is 21.9 Å². The zero-order valence-electron chi connectivity index (χ0n) is 15.9. The van der Waals surface area contributed by atoms with Crippen LogP contribution in [0.1, 0.15) is 37.4 Å². The van der Waals surface area contributed by atoms with Gasteiger partial charge in [-0.15, -0.1) is 3.89 Å². The number of rotatable bonds is 5. The molecule has 0 spiro atoms. The molecule has 0 atom stereocenters. The fourth-order valence-electron chi connectivity index (χ4n) is 3.64. The minimum atomic E-state index is -5.17. The topological polar surface area (TPSA) is 92.3 Å². The molecular weight excluding hydrogens is 407 g/mol. The van der Waals surface area contributed by atoms with E-state index in [9.17, 15) is 21.9 Å². The molecule has 0 heterocycles. The smallest absolute Gasteiger partial charge is 0.334 e. The predicted octanol–water partition coefficient (Wildman–Crippen LogP) is 3.77. The Morgan fingerprint density at radius 3 is 2.00 bits per heavy atom. The molecule has 0 radical (unpaired) electrons. The Morgan fingerprint density at radius 2 is 1.43 bits per heavy atom. The van der Waals surface area contributed by atoms with Crippen molar-refractivity contribution in [2.24, 2.45) is 0 Å². The van der Waals surface area contributed by atoms with Crippen LogP contribution in [-0.2, 0) is 16.8 Å². The second kappa shape index (κ2) is 7.38. The number of carbonyl (C=O) groups excluding carboxylic acids is 2. The maximum atomic E-state index is 14.1. The SMILES string of the molecule is CNc1c(S(=O)(=O)F)cc(NCc2ccccc2)c2c1C(=O)c1ccccc1C2=O. The van der Waals surface area contributed by atoms with Crippen molar-refractivity contribution in [2.75, 3.05) is 17.7 Å². The third kappa shape index (κ3) is 3.25. The Balaban J connectivity index is 1.96. The van der Waals surface area contributed by atoms with E-state index >= 15 is 0 Å². The largest absolute Gasteiger partial charge is 0.386 e. The number of halogens is 1. The summed E-state index contributed by atoms with van der Waals surface area (Å²) in [7, 11) is -3.79. The van der Waals surface area contributed by atoms with Gasteiger partial charge in [0.05, 0.1) is 16.8 Å². The van der Waals surface area contributed by atoms with Gasteiger partial charge in [-0.3, -0.25) is 9.59 Å². The molecule has 0 aromatic heterocycles. The highest BCUT2D eigenvalue weighted by Gasteiger charge is 2.37. The number of hydrogen-bond donors (Lipinski definition) is 2. The summed E-state index contributed by atoms with van der Waals surface area (Å²) in [6, 6.07) is 16.5. The maximum absolute atomic E-state index is 14.1. The van der Waals surface area contributed by atoms with E-state index in [1.54, 1.807) is 18.2 Å². The zero-order chi connectivity index (χ0) is 21.5.